The van der Waals surface area contributed by atoms with Crippen LogP contribution in [0.25, 0.3) is 5.69 Å². The monoisotopic (exact) mass is 367 g/mol. The van der Waals surface area contributed by atoms with Gasteiger partial charge in [0.15, 0.2) is 11.9 Å². The Morgan fingerprint density at radius 2 is 1.85 bits per heavy atom. The summed E-state index contributed by atoms with van der Waals surface area (Å²) in [6.45, 7) is 4.41. The first-order valence-corrected chi connectivity index (χ1v) is 8.67. The SMILES string of the molecule is CCOc1ccc(-n2nnnc2CNC(=O)C(C)Oc2ccccc2)cc1. The molecule has 0 spiro atoms. The van der Waals surface area contributed by atoms with Gasteiger partial charge in [0, 0.05) is 0 Å². The third-order valence-electron chi connectivity index (χ3n) is 3.77. The summed E-state index contributed by atoms with van der Waals surface area (Å²) in [6, 6.07) is 16.6. The number of tetrazole rings is 1. The predicted molar refractivity (Wildman–Crippen MR) is 98.7 cm³/mol. The maximum absolute atomic E-state index is 12.3. The Morgan fingerprint density at radius 1 is 1.11 bits per heavy atom. The van der Waals surface area contributed by atoms with Gasteiger partial charge in [0.2, 0.25) is 0 Å². The molecule has 0 aliphatic carbocycles. The molecule has 1 N–H and O–H groups in total. The van der Waals surface area contributed by atoms with E-state index >= 15 is 0 Å². The second-order valence-electron chi connectivity index (χ2n) is 5.72. The topological polar surface area (TPSA) is 91.2 Å². The van der Waals surface area contributed by atoms with Gasteiger partial charge in [0.05, 0.1) is 18.8 Å². The Labute approximate surface area is 157 Å². The fourth-order valence-electron chi connectivity index (χ4n) is 2.43. The number of hydrogen-bond donors (Lipinski definition) is 1. The molecule has 0 aliphatic rings. The minimum Gasteiger partial charge on any atom is -0.494 e. The van der Waals surface area contributed by atoms with E-state index in [2.05, 4.69) is 20.8 Å². The van der Waals surface area contributed by atoms with E-state index in [-0.39, 0.29) is 12.5 Å². The maximum atomic E-state index is 12.3. The predicted octanol–water partition coefficient (Wildman–Crippen LogP) is 2.14. The molecule has 1 unspecified atom stereocenters. The summed E-state index contributed by atoms with van der Waals surface area (Å²) in [7, 11) is 0. The molecule has 8 nitrogen and oxygen atoms in total. The average molecular weight is 367 g/mol. The fraction of sp³-hybridized carbons (Fsp3) is 0.263. The van der Waals surface area contributed by atoms with Gasteiger partial charge in [-0.1, -0.05) is 18.2 Å². The van der Waals surface area contributed by atoms with Gasteiger partial charge in [-0.2, -0.15) is 4.68 Å². The molecule has 0 saturated carbocycles. The number of rotatable bonds is 8. The van der Waals surface area contributed by atoms with Gasteiger partial charge in [-0.25, -0.2) is 0 Å². The lowest BCUT2D eigenvalue weighted by molar-refractivity contribution is -0.127. The Hall–Kier alpha value is -3.42. The van der Waals surface area contributed by atoms with E-state index in [1.165, 1.54) is 0 Å². The van der Waals surface area contributed by atoms with E-state index in [1.54, 1.807) is 23.7 Å². The molecule has 0 saturated heterocycles. The Bertz CT molecular complexity index is 865. The zero-order valence-corrected chi connectivity index (χ0v) is 15.2. The summed E-state index contributed by atoms with van der Waals surface area (Å²) in [5, 5.41) is 14.5. The molecule has 0 bridgehead atoms. The van der Waals surface area contributed by atoms with Gasteiger partial charge in [0.25, 0.3) is 5.91 Å². The van der Waals surface area contributed by atoms with Crippen molar-refractivity contribution in [1.82, 2.24) is 25.5 Å². The van der Waals surface area contributed by atoms with Crippen LogP contribution in [0.3, 0.4) is 0 Å². The summed E-state index contributed by atoms with van der Waals surface area (Å²) in [4.78, 5) is 12.3. The van der Waals surface area contributed by atoms with Crippen LogP contribution in [0.2, 0.25) is 0 Å². The van der Waals surface area contributed by atoms with Crippen LogP contribution in [-0.2, 0) is 11.3 Å². The van der Waals surface area contributed by atoms with Crippen molar-refractivity contribution in [3.05, 3.63) is 60.4 Å². The van der Waals surface area contributed by atoms with Crippen molar-refractivity contribution in [1.29, 1.82) is 0 Å². The number of carbonyl (C=O) groups is 1. The Balaban J connectivity index is 1.60. The molecule has 3 rings (SSSR count). The molecule has 140 valence electrons. The first-order valence-electron chi connectivity index (χ1n) is 8.67. The lowest BCUT2D eigenvalue weighted by atomic mass is 10.3. The molecule has 1 amide bonds. The second-order valence-corrected chi connectivity index (χ2v) is 5.72. The van der Waals surface area contributed by atoms with Crippen molar-refractivity contribution in [2.45, 2.75) is 26.5 Å². The van der Waals surface area contributed by atoms with Crippen molar-refractivity contribution in [3.63, 3.8) is 0 Å². The van der Waals surface area contributed by atoms with Crippen LogP contribution in [0.1, 0.15) is 19.7 Å². The van der Waals surface area contributed by atoms with Crippen molar-refractivity contribution in [3.8, 4) is 17.2 Å². The first-order chi connectivity index (χ1) is 13.2. The third kappa shape index (κ3) is 4.81. The van der Waals surface area contributed by atoms with Crippen LogP contribution in [0.5, 0.6) is 11.5 Å². The number of nitrogens with zero attached hydrogens (tertiary/aromatic N) is 4. The minimum atomic E-state index is -0.637. The highest BCUT2D eigenvalue weighted by Crippen LogP contribution is 2.15. The van der Waals surface area contributed by atoms with Gasteiger partial charge in [-0.05, 0) is 60.7 Å². The molecule has 8 heteroatoms. The van der Waals surface area contributed by atoms with E-state index in [0.717, 1.165) is 11.4 Å². The summed E-state index contributed by atoms with van der Waals surface area (Å²) in [5.74, 6) is 1.68. The summed E-state index contributed by atoms with van der Waals surface area (Å²) in [6.07, 6.45) is -0.637. The lowest BCUT2D eigenvalue weighted by Crippen LogP contribution is -2.36. The van der Waals surface area contributed by atoms with E-state index in [4.69, 9.17) is 9.47 Å². The normalized spacial score (nSPS) is 11.6. The molecule has 0 aliphatic heterocycles. The smallest absolute Gasteiger partial charge is 0.261 e. The van der Waals surface area contributed by atoms with E-state index < -0.39 is 6.10 Å². The quantitative estimate of drug-likeness (QED) is 0.656. The van der Waals surface area contributed by atoms with Gasteiger partial charge >= 0.3 is 0 Å². The molecule has 1 atom stereocenters. The van der Waals surface area contributed by atoms with Gasteiger partial charge in [-0.3, -0.25) is 4.79 Å². The highest BCUT2D eigenvalue weighted by Gasteiger charge is 2.16. The maximum Gasteiger partial charge on any atom is 0.261 e. The molecule has 1 heterocycles. The number of nitrogens with one attached hydrogen (secondary N) is 1. The number of para-hydroxylation sites is 1. The number of hydrogen-bond acceptors (Lipinski definition) is 6. The van der Waals surface area contributed by atoms with Crippen molar-refractivity contribution in [2.75, 3.05) is 6.61 Å². The lowest BCUT2D eigenvalue weighted by Gasteiger charge is -2.14. The van der Waals surface area contributed by atoms with Crippen LogP contribution in [0.15, 0.2) is 54.6 Å². The van der Waals surface area contributed by atoms with Crippen molar-refractivity contribution < 1.29 is 14.3 Å². The van der Waals surface area contributed by atoms with Crippen LogP contribution < -0.4 is 14.8 Å². The third-order valence-corrected chi connectivity index (χ3v) is 3.77. The van der Waals surface area contributed by atoms with E-state index in [0.29, 0.717) is 18.2 Å². The van der Waals surface area contributed by atoms with Crippen LogP contribution in [-0.4, -0.2) is 38.8 Å². The number of ether oxygens (including phenoxy) is 2. The Kier molecular flexibility index (Phi) is 5.98. The highest BCUT2D eigenvalue weighted by atomic mass is 16.5. The average Bonchev–Trinajstić information content (AvgIpc) is 3.16. The van der Waals surface area contributed by atoms with Crippen LogP contribution >= 0.6 is 0 Å². The standard InChI is InChI=1S/C19H21N5O3/c1-3-26-16-11-9-15(10-12-16)24-18(21-22-23-24)13-20-19(25)14(2)27-17-7-5-4-6-8-17/h4-12,14H,3,13H2,1-2H3,(H,20,25). The number of aromatic nitrogens is 4. The zero-order valence-electron chi connectivity index (χ0n) is 15.2. The molecule has 3 aromatic rings. The van der Waals surface area contributed by atoms with Crippen molar-refractivity contribution >= 4 is 5.91 Å². The van der Waals surface area contributed by atoms with Crippen molar-refractivity contribution in [2.24, 2.45) is 0 Å². The van der Waals surface area contributed by atoms with Crippen LogP contribution in [0.4, 0.5) is 0 Å². The fourth-order valence-corrected chi connectivity index (χ4v) is 2.43. The van der Waals surface area contributed by atoms with Gasteiger partial charge < -0.3 is 14.8 Å². The number of amides is 1. The molecule has 0 radical (unpaired) electrons. The minimum absolute atomic E-state index is 0.182. The highest BCUT2D eigenvalue weighted by molar-refractivity contribution is 5.80. The van der Waals surface area contributed by atoms with Crippen LogP contribution in [0, 0.1) is 0 Å². The largest absolute Gasteiger partial charge is 0.494 e. The number of benzene rings is 2. The second kappa shape index (κ2) is 8.79. The van der Waals surface area contributed by atoms with E-state index in [1.807, 2.05) is 49.4 Å². The van der Waals surface area contributed by atoms with Gasteiger partial charge in [-0.15, -0.1) is 5.10 Å². The molecular formula is C19H21N5O3. The first kappa shape index (κ1) is 18.4. The Morgan fingerprint density at radius 3 is 2.56 bits per heavy atom. The molecule has 2 aromatic carbocycles. The molecule has 27 heavy (non-hydrogen) atoms. The zero-order chi connectivity index (χ0) is 19.1. The summed E-state index contributed by atoms with van der Waals surface area (Å²) in [5.41, 5.74) is 0.779. The number of carbonyl (C=O) groups excluding carboxylic acids is 1. The molecular weight excluding hydrogens is 346 g/mol. The molecule has 1 aromatic heterocycles. The van der Waals surface area contributed by atoms with E-state index in [9.17, 15) is 4.79 Å². The summed E-state index contributed by atoms with van der Waals surface area (Å²) < 4.78 is 12.6. The summed E-state index contributed by atoms with van der Waals surface area (Å²) >= 11 is 0. The van der Waals surface area contributed by atoms with Gasteiger partial charge in [0.1, 0.15) is 11.5 Å². The molecule has 0 fully saturated rings.